The molecule has 0 aliphatic heterocycles. The van der Waals surface area contributed by atoms with Gasteiger partial charge in [0, 0.05) is 18.4 Å². The maximum atomic E-state index is 4.40. The lowest BCUT2D eigenvalue weighted by atomic mass is 10.0. The molecule has 0 spiro atoms. The van der Waals surface area contributed by atoms with Crippen LogP contribution in [-0.4, -0.2) is 20.6 Å². The van der Waals surface area contributed by atoms with E-state index in [1.807, 2.05) is 17.6 Å². The summed E-state index contributed by atoms with van der Waals surface area (Å²) in [5, 5.41) is 7.86. The maximum absolute atomic E-state index is 4.40. The number of rotatable bonds is 4. The number of hydrogen-bond acceptors (Lipinski definition) is 3. The van der Waals surface area contributed by atoms with Gasteiger partial charge in [0.2, 0.25) is 0 Å². The Balaban J connectivity index is 2.29. The first-order chi connectivity index (χ1) is 8.11. The Labute approximate surface area is 102 Å². The quantitative estimate of drug-likeness (QED) is 0.881. The van der Waals surface area contributed by atoms with Gasteiger partial charge < -0.3 is 5.32 Å². The van der Waals surface area contributed by atoms with E-state index in [0.29, 0.717) is 12.0 Å². The SMILES string of the molecule is CCC(C)C(C)Nc1nccn2nc(C)cc12. The van der Waals surface area contributed by atoms with E-state index in [0.717, 1.165) is 23.4 Å². The van der Waals surface area contributed by atoms with E-state index in [1.165, 1.54) is 0 Å². The minimum atomic E-state index is 0.411. The molecule has 2 aromatic heterocycles. The van der Waals surface area contributed by atoms with Gasteiger partial charge in [0.05, 0.1) is 5.69 Å². The van der Waals surface area contributed by atoms with Crippen LogP contribution in [0.15, 0.2) is 18.5 Å². The van der Waals surface area contributed by atoms with Crippen LogP contribution in [0.25, 0.3) is 5.52 Å². The van der Waals surface area contributed by atoms with Crippen molar-refractivity contribution in [3.8, 4) is 0 Å². The van der Waals surface area contributed by atoms with Crippen LogP contribution >= 0.6 is 0 Å². The molecule has 2 heterocycles. The maximum Gasteiger partial charge on any atom is 0.152 e. The molecule has 0 saturated carbocycles. The first-order valence-corrected chi connectivity index (χ1v) is 6.19. The largest absolute Gasteiger partial charge is 0.366 e. The molecule has 2 unspecified atom stereocenters. The summed E-state index contributed by atoms with van der Waals surface area (Å²) in [6, 6.07) is 2.47. The van der Waals surface area contributed by atoms with Crippen LogP contribution in [0.4, 0.5) is 5.82 Å². The third kappa shape index (κ3) is 2.40. The van der Waals surface area contributed by atoms with Gasteiger partial charge in [-0.2, -0.15) is 5.10 Å². The van der Waals surface area contributed by atoms with E-state index in [1.54, 1.807) is 6.20 Å². The van der Waals surface area contributed by atoms with E-state index in [4.69, 9.17) is 0 Å². The van der Waals surface area contributed by atoms with Crippen molar-refractivity contribution < 1.29 is 0 Å². The Hall–Kier alpha value is -1.58. The lowest BCUT2D eigenvalue weighted by Gasteiger charge is -2.20. The number of aromatic nitrogens is 3. The van der Waals surface area contributed by atoms with Crippen LogP contribution in [0, 0.1) is 12.8 Å². The van der Waals surface area contributed by atoms with E-state index in [2.05, 4.69) is 42.2 Å². The van der Waals surface area contributed by atoms with Gasteiger partial charge >= 0.3 is 0 Å². The molecule has 17 heavy (non-hydrogen) atoms. The summed E-state index contributed by atoms with van der Waals surface area (Å²) in [6.07, 6.45) is 4.82. The lowest BCUT2D eigenvalue weighted by molar-refractivity contribution is 0.493. The number of fused-ring (bicyclic) bond motifs is 1. The number of aryl methyl sites for hydroxylation is 1. The first-order valence-electron chi connectivity index (χ1n) is 6.19. The predicted molar refractivity (Wildman–Crippen MR) is 70.3 cm³/mol. The van der Waals surface area contributed by atoms with E-state index < -0.39 is 0 Å². The van der Waals surface area contributed by atoms with Gasteiger partial charge in [0.25, 0.3) is 0 Å². The minimum absolute atomic E-state index is 0.411. The highest BCUT2D eigenvalue weighted by atomic mass is 15.2. The average molecular weight is 232 g/mol. The van der Waals surface area contributed by atoms with Crippen LogP contribution in [0.5, 0.6) is 0 Å². The summed E-state index contributed by atoms with van der Waals surface area (Å²) in [5.74, 6) is 1.54. The van der Waals surface area contributed by atoms with Gasteiger partial charge in [0.1, 0.15) is 5.52 Å². The third-order valence-electron chi connectivity index (χ3n) is 3.37. The zero-order chi connectivity index (χ0) is 12.4. The summed E-state index contributed by atoms with van der Waals surface area (Å²) in [6.45, 7) is 8.65. The van der Waals surface area contributed by atoms with Gasteiger partial charge in [-0.1, -0.05) is 20.3 Å². The van der Waals surface area contributed by atoms with Crippen molar-refractivity contribution in [2.45, 2.75) is 40.2 Å². The van der Waals surface area contributed by atoms with Crippen molar-refractivity contribution in [1.82, 2.24) is 14.6 Å². The molecule has 0 saturated heterocycles. The molecule has 4 nitrogen and oxygen atoms in total. The molecule has 0 radical (unpaired) electrons. The van der Waals surface area contributed by atoms with Gasteiger partial charge in [-0.3, -0.25) is 0 Å². The standard InChI is InChI=1S/C13H20N4/c1-5-9(2)11(4)15-13-12-8-10(3)16-17(12)7-6-14-13/h6-9,11H,5H2,1-4H3,(H,14,15). The van der Waals surface area contributed by atoms with Gasteiger partial charge in [-0.15, -0.1) is 0 Å². The second kappa shape index (κ2) is 4.73. The molecule has 0 aliphatic rings. The van der Waals surface area contributed by atoms with Crippen molar-refractivity contribution in [3.05, 3.63) is 24.2 Å². The molecule has 2 atom stereocenters. The molecule has 1 N–H and O–H groups in total. The summed E-state index contributed by atoms with van der Waals surface area (Å²) in [5.41, 5.74) is 2.05. The van der Waals surface area contributed by atoms with Crippen LogP contribution in [-0.2, 0) is 0 Å². The molecule has 2 aromatic rings. The normalized spacial score (nSPS) is 14.8. The molecular formula is C13H20N4. The lowest BCUT2D eigenvalue weighted by Crippen LogP contribution is -2.24. The van der Waals surface area contributed by atoms with Crippen molar-refractivity contribution in [2.24, 2.45) is 5.92 Å². The Bertz CT molecular complexity index is 503. The van der Waals surface area contributed by atoms with Crippen molar-refractivity contribution >= 4 is 11.3 Å². The summed E-state index contributed by atoms with van der Waals surface area (Å²) in [7, 11) is 0. The number of nitrogens with one attached hydrogen (secondary N) is 1. The van der Waals surface area contributed by atoms with Crippen LogP contribution in [0.3, 0.4) is 0 Å². The number of hydrogen-bond donors (Lipinski definition) is 1. The second-order valence-corrected chi connectivity index (χ2v) is 4.71. The average Bonchev–Trinajstić information content (AvgIpc) is 2.69. The third-order valence-corrected chi connectivity index (χ3v) is 3.37. The summed E-state index contributed by atoms with van der Waals surface area (Å²) >= 11 is 0. The molecule has 0 fully saturated rings. The van der Waals surface area contributed by atoms with Gasteiger partial charge in [0.15, 0.2) is 5.82 Å². The zero-order valence-corrected chi connectivity index (χ0v) is 10.9. The highest BCUT2D eigenvalue weighted by Gasteiger charge is 2.12. The molecular weight excluding hydrogens is 212 g/mol. The van der Waals surface area contributed by atoms with Gasteiger partial charge in [-0.25, -0.2) is 9.50 Å². The Morgan fingerprint density at radius 1 is 1.41 bits per heavy atom. The first kappa shape index (κ1) is 11.9. The second-order valence-electron chi connectivity index (χ2n) is 4.71. The minimum Gasteiger partial charge on any atom is -0.366 e. The fraction of sp³-hybridized carbons (Fsp3) is 0.538. The molecule has 2 rings (SSSR count). The monoisotopic (exact) mass is 232 g/mol. The Kier molecular flexibility index (Phi) is 3.31. The summed E-state index contributed by atoms with van der Waals surface area (Å²) < 4.78 is 1.87. The molecule has 0 aliphatic carbocycles. The highest BCUT2D eigenvalue weighted by molar-refractivity contribution is 5.67. The molecule has 92 valence electrons. The van der Waals surface area contributed by atoms with Crippen molar-refractivity contribution in [3.63, 3.8) is 0 Å². The van der Waals surface area contributed by atoms with E-state index >= 15 is 0 Å². The molecule has 0 aromatic carbocycles. The zero-order valence-electron chi connectivity index (χ0n) is 10.9. The fourth-order valence-electron chi connectivity index (χ4n) is 1.87. The molecule has 4 heteroatoms. The number of anilines is 1. The smallest absolute Gasteiger partial charge is 0.152 e. The van der Waals surface area contributed by atoms with Crippen molar-refractivity contribution in [1.29, 1.82) is 0 Å². The predicted octanol–water partition coefficient (Wildman–Crippen LogP) is 2.88. The highest BCUT2D eigenvalue weighted by Crippen LogP contribution is 2.18. The molecule has 0 amide bonds. The fourth-order valence-corrected chi connectivity index (χ4v) is 1.87. The Morgan fingerprint density at radius 3 is 2.88 bits per heavy atom. The number of nitrogens with zero attached hydrogens (tertiary/aromatic N) is 3. The summed E-state index contributed by atoms with van der Waals surface area (Å²) in [4.78, 5) is 4.40. The topological polar surface area (TPSA) is 42.2 Å². The van der Waals surface area contributed by atoms with Crippen LogP contribution in [0.1, 0.15) is 32.9 Å². The van der Waals surface area contributed by atoms with Crippen LogP contribution < -0.4 is 5.32 Å². The van der Waals surface area contributed by atoms with E-state index in [-0.39, 0.29) is 0 Å². The Morgan fingerprint density at radius 2 is 2.18 bits per heavy atom. The van der Waals surface area contributed by atoms with Gasteiger partial charge in [-0.05, 0) is 25.8 Å². The van der Waals surface area contributed by atoms with E-state index in [9.17, 15) is 0 Å². The van der Waals surface area contributed by atoms with Crippen molar-refractivity contribution in [2.75, 3.05) is 5.32 Å². The van der Waals surface area contributed by atoms with Crippen LogP contribution in [0.2, 0.25) is 0 Å². The molecule has 0 bridgehead atoms.